The predicted octanol–water partition coefficient (Wildman–Crippen LogP) is 4.14. The molecule has 1 N–H and O–H groups in total. The van der Waals surface area contributed by atoms with Crippen LogP contribution in [-0.4, -0.2) is 30.1 Å². The molecule has 0 aliphatic heterocycles. The van der Waals surface area contributed by atoms with Crippen LogP contribution in [0, 0.1) is 0 Å². The van der Waals surface area contributed by atoms with Gasteiger partial charge in [0.25, 0.3) is 0 Å². The largest absolute Gasteiger partial charge is 0.275 e. The summed E-state index contributed by atoms with van der Waals surface area (Å²) in [5.74, 6) is 0. The maximum Gasteiger partial charge on any atom is 0.182 e. The summed E-state index contributed by atoms with van der Waals surface area (Å²) in [6, 6.07) is 15.7. The maximum absolute atomic E-state index is 4.75. The molecule has 0 saturated heterocycles. The highest BCUT2D eigenvalue weighted by Crippen LogP contribution is 2.35. The Morgan fingerprint density at radius 1 is 0.741 bits per heavy atom. The summed E-state index contributed by atoms with van der Waals surface area (Å²) in [6.07, 6.45) is 8.89. The first-order chi connectivity index (χ1) is 13.4. The SMILES string of the molecule is c1ccc(-c2cc(-c3cccnc3)nc3n[nH]c(-c4cccnc4)c23)nc1. The van der Waals surface area contributed by atoms with E-state index in [1.165, 1.54) is 0 Å². The minimum Gasteiger partial charge on any atom is -0.275 e. The lowest BCUT2D eigenvalue weighted by Crippen LogP contribution is -1.91. The van der Waals surface area contributed by atoms with Gasteiger partial charge in [0, 0.05) is 47.7 Å². The average Bonchev–Trinajstić information content (AvgIpc) is 3.19. The van der Waals surface area contributed by atoms with Crippen molar-refractivity contribution in [1.82, 2.24) is 30.1 Å². The fraction of sp³-hybridized carbons (Fsp3) is 0. The molecule has 0 atom stereocenters. The van der Waals surface area contributed by atoms with Crippen LogP contribution in [0.15, 0.2) is 79.5 Å². The van der Waals surface area contributed by atoms with Gasteiger partial charge >= 0.3 is 0 Å². The second-order valence-electron chi connectivity index (χ2n) is 6.05. The van der Waals surface area contributed by atoms with Crippen LogP contribution < -0.4 is 0 Å². The predicted molar refractivity (Wildman–Crippen MR) is 104 cm³/mol. The Labute approximate surface area is 155 Å². The van der Waals surface area contributed by atoms with E-state index in [1.807, 2.05) is 54.7 Å². The normalized spacial score (nSPS) is 11.0. The molecule has 0 saturated carbocycles. The van der Waals surface area contributed by atoms with Crippen molar-refractivity contribution in [2.45, 2.75) is 0 Å². The molecule has 0 amide bonds. The number of hydrogen-bond donors (Lipinski definition) is 1. The van der Waals surface area contributed by atoms with Crippen LogP contribution in [0.3, 0.4) is 0 Å². The molecule has 5 aromatic heterocycles. The van der Waals surface area contributed by atoms with E-state index in [0.717, 1.165) is 39.2 Å². The molecule has 0 fully saturated rings. The molecule has 5 aromatic rings. The molecule has 0 bridgehead atoms. The van der Waals surface area contributed by atoms with Gasteiger partial charge in [-0.1, -0.05) is 6.07 Å². The first kappa shape index (κ1) is 15.3. The Kier molecular flexibility index (Phi) is 3.65. The van der Waals surface area contributed by atoms with E-state index < -0.39 is 0 Å². The Morgan fingerprint density at radius 2 is 1.56 bits per heavy atom. The van der Waals surface area contributed by atoms with Gasteiger partial charge < -0.3 is 0 Å². The number of fused-ring (bicyclic) bond motifs is 1. The van der Waals surface area contributed by atoms with E-state index in [9.17, 15) is 0 Å². The average molecular weight is 350 g/mol. The first-order valence-corrected chi connectivity index (χ1v) is 8.51. The van der Waals surface area contributed by atoms with E-state index in [2.05, 4.69) is 25.1 Å². The van der Waals surface area contributed by atoms with E-state index in [1.54, 1.807) is 24.8 Å². The Bertz CT molecular complexity index is 1200. The van der Waals surface area contributed by atoms with Gasteiger partial charge in [-0.2, -0.15) is 5.10 Å². The first-order valence-electron chi connectivity index (χ1n) is 8.51. The summed E-state index contributed by atoms with van der Waals surface area (Å²) in [6.45, 7) is 0. The fourth-order valence-corrected chi connectivity index (χ4v) is 3.13. The molecule has 27 heavy (non-hydrogen) atoms. The van der Waals surface area contributed by atoms with Crippen molar-refractivity contribution >= 4 is 11.0 Å². The smallest absolute Gasteiger partial charge is 0.182 e. The molecule has 5 heterocycles. The summed E-state index contributed by atoms with van der Waals surface area (Å²) >= 11 is 0. The zero-order valence-electron chi connectivity index (χ0n) is 14.2. The van der Waals surface area contributed by atoms with Gasteiger partial charge in [-0.15, -0.1) is 0 Å². The zero-order valence-corrected chi connectivity index (χ0v) is 14.2. The molecule has 5 rings (SSSR count). The standard InChI is InChI=1S/C21H14N6/c1-2-10-24-17(7-1)16-11-18(14-5-3-8-22-12-14)25-21-19(16)20(26-27-21)15-6-4-9-23-13-15/h1-13H,(H,25,26,27). The van der Waals surface area contributed by atoms with Crippen molar-refractivity contribution in [2.75, 3.05) is 0 Å². The molecular weight excluding hydrogens is 336 g/mol. The fourth-order valence-electron chi connectivity index (χ4n) is 3.13. The molecule has 0 aromatic carbocycles. The van der Waals surface area contributed by atoms with Crippen molar-refractivity contribution in [3.8, 4) is 33.8 Å². The van der Waals surface area contributed by atoms with Crippen LogP contribution in [0.1, 0.15) is 0 Å². The molecule has 0 unspecified atom stereocenters. The third-order valence-electron chi connectivity index (χ3n) is 4.37. The molecule has 6 heteroatoms. The Balaban J connectivity index is 1.82. The van der Waals surface area contributed by atoms with E-state index in [-0.39, 0.29) is 0 Å². The molecular formula is C21H14N6. The third kappa shape index (κ3) is 2.73. The maximum atomic E-state index is 4.75. The van der Waals surface area contributed by atoms with Crippen LogP contribution in [0.2, 0.25) is 0 Å². The highest BCUT2D eigenvalue weighted by molar-refractivity contribution is 6.02. The minimum absolute atomic E-state index is 0.635. The lowest BCUT2D eigenvalue weighted by molar-refractivity contribution is 1.10. The van der Waals surface area contributed by atoms with Gasteiger partial charge in [-0.3, -0.25) is 20.1 Å². The monoisotopic (exact) mass is 350 g/mol. The van der Waals surface area contributed by atoms with Crippen LogP contribution >= 0.6 is 0 Å². The van der Waals surface area contributed by atoms with E-state index >= 15 is 0 Å². The molecule has 0 aliphatic carbocycles. The van der Waals surface area contributed by atoms with Gasteiger partial charge in [-0.05, 0) is 42.5 Å². The summed E-state index contributed by atoms with van der Waals surface area (Å²) in [5.41, 5.74) is 6.03. The number of hydrogen-bond acceptors (Lipinski definition) is 5. The molecule has 0 spiro atoms. The third-order valence-corrected chi connectivity index (χ3v) is 4.37. The number of rotatable bonds is 3. The summed E-state index contributed by atoms with van der Waals surface area (Å²) in [7, 11) is 0. The molecule has 6 nitrogen and oxygen atoms in total. The van der Waals surface area contributed by atoms with E-state index in [0.29, 0.717) is 5.65 Å². The van der Waals surface area contributed by atoms with Crippen LogP contribution in [-0.2, 0) is 0 Å². The van der Waals surface area contributed by atoms with Crippen LogP contribution in [0.5, 0.6) is 0 Å². The highest BCUT2D eigenvalue weighted by atomic mass is 15.2. The van der Waals surface area contributed by atoms with Crippen molar-refractivity contribution in [3.05, 3.63) is 79.5 Å². The summed E-state index contributed by atoms with van der Waals surface area (Å²) < 4.78 is 0. The highest BCUT2D eigenvalue weighted by Gasteiger charge is 2.17. The van der Waals surface area contributed by atoms with Gasteiger partial charge in [0.05, 0.1) is 22.5 Å². The number of aromatic amines is 1. The van der Waals surface area contributed by atoms with Crippen LogP contribution in [0.25, 0.3) is 44.8 Å². The lowest BCUT2D eigenvalue weighted by atomic mass is 10.0. The van der Waals surface area contributed by atoms with Gasteiger partial charge in [0.1, 0.15) is 0 Å². The topological polar surface area (TPSA) is 80.2 Å². The number of nitrogens with one attached hydrogen (secondary N) is 1. The van der Waals surface area contributed by atoms with Crippen LogP contribution in [0.4, 0.5) is 0 Å². The van der Waals surface area contributed by atoms with Crippen molar-refractivity contribution in [3.63, 3.8) is 0 Å². The Morgan fingerprint density at radius 3 is 2.26 bits per heavy atom. The second-order valence-corrected chi connectivity index (χ2v) is 6.05. The summed E-state index contributed by atoms with van der Waals surface area (Å²) in [4.78, 5) is 17.7. The van der Waals surface area contributed by atoms with E-state index in [4.69, 9.17) is 4.98 Å². The number of H-pyrrole nitrogens is 1. The number of nitrogens with zero attached hydrogens (tertiary/aromatic N) is 5. The number of aromatic nitrogens is 6. The second kappa shape index (κ2) is 6.42. The lowest BCUT2D eigenvalue weighted by Gasteiger charge is -2.08. The number of pyridine rings is 4. The van der Waals surface area contributed by atoms with Gasteiger partial charge in [-0.25, -0.2) is 4.98 Å². The summed E-state index contributed by atoms with van der Waals surface area (Å²) in [5, 5.41) is 8.50. The molecule has 0 aliphatic rings. The van der Waals surface area contributed by atoms with Crippen molar-refractivity contribution in [1.29, 1.82) is 0 Å². The minimum atomic E-state index is 0.635. The Hall–Kier alpha value is -3.93. The molecule has 0 radical (unpaired) electrons. The van der Waals surface area contributed by atoms with Crippen molar-refractivity contribution < 1.29 is 0 Å². The van der Waals surface area contributed by atoms with Gasteiger partial charge in [0.15, 0.2) is 5.65 Å². The quantitative estimate of drug-likeness (QED) is 0.529. The van der Waals surface area contributed by atoms with Gasteiger partial charge in [0.2, 0.25) is 0 Å². The molecule has 128 valence electrons. The zero-order chi connectivity index (χ0) is 18.1. The van der Waals surface area contributed by atoms with Crippen molar-refractivity contribution in [2.24, 2.45) is 0 Å².